The van der Waals surface area contributed by atoms with E-state index >= 15 is 0 Å². The van der Waals surface area contributed by atoms with Crippen molar-refractivity contribution in [2.24, 2.45) is 19.9 Å². The maximum Gasteiger partial charge on any atom is 0.330 e. The van der Waals surface area contributed by atoms with Crippen molar-refractivity contribution >= 4 is 28.5 Å². The Balaban J connectivity index is 2.72. The maximum absolute atomic E-state index is 14.1. The van der Waals surface area contributed by atoms with Gasteiger partial charge in [0.05, 0.1) is 0 Å². The number of aromatic nitrogens is 2. The highest BCUT2D eigenvalue weighted by Gasteiger charge is 2.22. The average Bonchev–Trinajstić information content (AvgIpc) is 2.52. The van der Waals surface area contributed by atoms with Crippen LogP contribution in [0.15, 0.2) is 27.8 Å². The molecule has 2 aromatic rings. The first-order valence-corrected chi connectivity index (χ1v) is 7.59. The summed E-state index contributed by atoms with van der Waals surface area (Å²) in [5, 5.41) is 0. The van der Waals surface area contributed by atoms with Crippen molar-refractivity contribution in [2.45, 2.75) is 6.42 Å². The molecule has 0 bridgehead atoms. The summed E-state index contributed by atoms with van der Waals surface area (Å²) in [6.45, 7) is 0. The predicted molar refractivity (Wildman–Crippen MR) is 90.5 cm³/mol. The third-order valence-electron chi connectivity index (χ3n) is 3.52. The summed E-state index contributed by atoms with van der Waals surface area (Å²) >= 11 is 1.97. The van der Waals surface area contributed by atoms with E-state index in [2.05, 4.69) is 0 Å². The molecule has 0 saturated heterocycles. The number of amides is 1. The lowest BCUT2D eigenvalue weighted by Gasteiger charge is -2.14. The molecule has 1 aromatic heterocycles. The van der Waals surface area contributed by atoms with Gasteiger partial charge in [0.15, 0.2) is 0 Å². The minimum Gasteiger partial charge on any atom is -0.299 e. The first-order valence-electron chi connectivity index (χ1n) is 6.51. The van der Waals surface area contributed by atoms with Crippen LogP contribution in [0.3, 0.4) is 0 Å². The molecule has 23 heavy (non-hydrogen) atoms. The smallest absolute Gasteiger partial charge is 0.299 e. The molecule has 9 heteroatoms. The van der Waals surface area contributed by atoms with E-state index in [0.29, 0.717) is 3.57 Å². The van der Waals surface area contributed by atoms with Gasteiger partial charge in [-0.05, 0) is 40.3 Å². The molecule has 7 nitrogen and oxygen atoms in total. The van der Waals surface area contributed by atoms with Crippen molar-refractivity contribution in [3.05, 3.63) is 65.2 Å². The minimum atomic E-state index is -0.831. The number of halogens is 2. The number of hydrazine groups is 1. The van der Waals surface area contributed by atoms with Crippen LogP contribution in [0, 0.1) is 9.39 Å². The first-order chi connectivity index (χ1) is 10.8. The van der Waals surface area contributed by atoms with Crippen LogP contribution in [0.2, 0.25) is 0 Å². The second kappa shape index (κ2) is 6.62. The number of nitrogens with two attached hydrogens (primary N) is 1. The Hall–Kier alpha value is -2.01. The maximum atomic E-state index is 14.1. The van der Waals surface area contributed by atoms with Gasteiger partial charge in [-0.15, -0.1) is 0 Å². The van der Waals surface area contributed by atoms with E-state index < -0.39 is 23.0 Å². The Kier molecular flexibility index (Phi) is 5.00. The normalized spacial score (nSPS) is 10.7. The number of nitrogens with zero attached hydrogens (tertiary/aromatic N) is 2. The zero-order chi connectivity index (χ0) is 17.3. The van der Waals surface area contributed by atoms with Gasteiger partial charge in [-0.25, -0.2) is 15.0 Å². The summed E-state index contributed by atoms with van der Waals surface area (Å²) in [7, 11) is 2.67. The number of carbonyl (C=O) groups excluding carboxylic acids is 1. The summed E-state index contributed by atoms with van der Waals surface area (Å²) in [5.74, 6) is 3.80. The van der Waals surface area contributed by atoms with Gasteiger partial charge in [0.25, 0.3) is 11.5 Å². The Morgan fingerprint density at radius 3 is 2.52 bits per heavy atom. The van der Waals surface area contributed by atoms with Crippen molar-refractivity contribution < 1.29 is 9.18 Å². The standard InChI is InChI=1S/C14H14FIN4O3/c1-19-10(5-7-3-4-8(16)6-9(7)15)11(12(21)18-17)13(22)20(2)14(19)23/h3-4,6H,5,17H2,1-2H3,(H,18,21). The van der Waals surface area contributed by atoms with Crippen molar-refractivity contribution in [1.82, 2.24) is 14.6 Å². The third-order valence-corrected chi connectivity index (χ3v) is 4.19. The van der Waals surface area contributed by atoms with Crippen molar-refractivity contribution in [1.29, 1.82) is 0 Å². The number of carbonyl (C=O) groups is 1. The highest BCUT2D eigenvalue weighted by molar-refractivity contribution is 14.1. The third kappa shape index (κ3) is 3.20. The molecule has 122 valence electrons. The molecule has 0 spiro atoms. The Morgan fingerprint density at radius 1 is 1.30 bits per heavy atom. The molecule has 0 fully saturated rings. The largest absolute Gasteiger partial charge is 0.330 e. The first kappa shape index (κ1) is 17.3. The lowest BCUT2D eigenvalue weighted by atomic mass is 10.0. The molecule has 0 aliphatic carbocycles. The van der Waals surface area contributed by atoms with Crippen molar-refractivity contribution in [2.75, 3.05) is 0 Å². The van der Waals surface area contributed by atoms with E-state index in [1.54, 1.807) is 12.1 Å². The van der Waals surface area contributed by atoms with Crippen LogP contribution in [0.1, 0.15) is 21.6 Å². The number of hydrogen-bond acceptors (Lipinski definition) is 4. The zero-order valence-corrected chi connectivity index (χ0v) is 14.5. The summed E-state index contributed by atoms with van der Waals surface area (Å²) in [5.41, 5.74) is 0.575. The second-order valence-corrected chi connectivity index (χ2v) is 6.16. The molecule has 0 aliphatic heterocycles. The van der Waals surface area contributed by atoms with Gasteiger partial charge < -0.3 is 0 Å². The number of hydrogen-bond donors (Lipinski definition) is 2. The van der Waals surface area contributed by atoms with Crippen molar-refractivity contribution in [3.63, 3.8) is 0 Å². The second-order valence-electron chi connectivity index (χ2n) is 4.91. The van der Waals surface area contributed by atoms with Crippen LogP contribution in [-0.2, 0) is 20.5 Å². The average molecular weight is 432 g/mol. The van der Waals surface area contributed by atoms with Gasteiger partial charge in [-0.3, -0.25) is 24.1 Å². The van der Waals surface area contributed by atoms with Gasteiger partial charge in [-0.1, -0.05) is 6.07 Å². The molecule has 2 rings (SSSR count). The van der Waals surface area contributed by atoms with E-state index in [9.17, 15) is 18.8 Å². The van der Waals surface area contributed by atoms with Crippen LogP contribution in [0.4, 0.5) is 4.39 Å². The molecule has 0 radical (unpaired) electrons. The Morgan fingerprint density at radius 2 is 1.96 bits per heavy atom. The summed E-state index contributed by atoms with van der Waals surface area (Å²) < 4.78 is 16.7. The summed E-state index contributed by atoms with van der Waals surface area (Å²) in [6, 6.07) is 4.57. The molecular formula is C14H14FIN4O3. The molecule has 0 atom stereocenters. The molecule has 0 unspecified atom stereocenters. The quantitative estimate of drug-likeness (QED) is 0.309. The molecule has 1 aromatic carbocycles. The zero-order valence-electron chi connectivity index (χ0n) is 12.4. The molecule has 0 saturated carbocycles. The fraction of sp³-hybridized carbons (Fsp3) is 0.214. The number of nitrogen functional groups attached to an aromatic ring is 1. The van der Waals surface area contributed by atoms with Crippen LogP contribution >= 0.6 is 22.6 Å². The molecule has 1 heterocycles. The van der Waals surface area contributed by atoms with Gasteiger partial charge in [0.1, 0.15) is 11.4 Å². The lowest BCUT2D eigenvalue weighted by molar-refractivity contribution is 0.0949. The fourth-order valence-corrected chi connectivity index (χ4v) is 2.69. The molecular weight excluding hydrogens is 418 g/mol. The number of nitrogens with one attached hydrogen (secondary N) is 1. The van der Waals surface area contributed by atoms with Crippen LogP contribution < -0.4 is 22.5 Å². The molecule has 3 N–H and O–H groups in total. The Labute approximate surface area is 144 Å². The summed E-state index contributed by atoms with van der Waals surface area (Å²) in [4.78, 5) is 36.2. The van der Waals surface area contributed by atoms with Crippen LogP contribution in [0.25, 0.3) is 0 Å². The van der Waals surface area contributed by atoms with Gasteiger partial charge in [0.2, 0.25) is 0 Å². The van der Waals surface area contributed by atoms with Gasteiger partial charge in [0, 0.05) is 29.8 Å². The molecule has 0 aliphatic rings. The monoisotopic (exact) mass is 432 g/mol. The Bertz CT molecular complexity index is 904. The van der Waals surface area contributed by atoms with Crippen LogP contribution in [-0.4, -0.2) is 15.0 Å². The number of rotatable bonds is 3. The topological polar surface area (TPSA) is 99.1 Å². The highest BCUT2D eigenvalue weighted by Crippen LogP contribution is 2.16. The van der Waals surface area contributed by atoms with E-state index in [1.807, 2.05) is 28.0 Å². The van der Waals surface area contributed by atoms with Crippen molar-refractivity contribution in [3.8, 4) is 0 Å². The van der Waals surface area contributed by atoms with E-state index in [1.165, 1.54) is 20.2 Å². The number of benzene rings is 1. The van der Waals surface area contributed by atoms with Crippen LogP contribution in [0.5, 0.6) is 0 Å². The minimum absolute atomic E-state index is 0.0900. The molecule has 1 amide bonds. The van der Waals surface area contributed by atoms with Gasteiger partial charge >= 0.3 is 5.69 Å². The van der Waals surface area contributed by atoms with E-state index in [-0.39, 0.29) is 23.2 Å². The van der Waals surface area contributed by atoms with Gasteiger partial charge in [-0.2, -0.15) is 0 Å². The fourth-order valence-electron chi connectivity index (χ4n) is 2.24. The predicted octanol–water partition coefficient (Wildman–Crippen LogP) is 0.0220. The SMILES string of the molecule is Cn1c(Cc2ccc(I)cc2F)c(C(=O)NN)c(=O)n(C)c1=O. The van der Waals surface area contributed by atoms with E-state index in [4.69, 9.17) is 5.84 Å². The summed E-state index contributed by atoms with van der Waals surface area (Å²) in [6.07, 6.45) is -0.0900. The van der Waals surface area contributed by atoms with E-state index in [0.717, 1.165) is 9.13 Å². The lowest BCUT2D eigenvalue weighted by Crippen LogP contribution is -2.45. The highest BCUT2D eigenvalue weighted by atomic mass is 127.